The molecule has 1 aliphatic rings. The third-order valence-corrected chi connectivity index (χ3v) is 3.01. The maximum absolute atomic E-state index is 13.1. The molecule has 3 nitrogen and oxygen atoms in total. The van der Waals surface area contributed by atoms with E-state index in [2.05, 4.69) is 4.18 Å². The van der Waals surface area contributed by atoms with Crippen LogP contribution in [-0.2, 0) is 15.5 Å². The van der Waals surface area contributed by atoms with Crippen molar-refractivity contribution in [1.29, 1.82) is 0 Å². The van der Waals surface area contributed by atoms with E-state index in [0.29, 0.717) is 0 Å². The molecule has 1 saturated carbocycles. The van der Waals surface area contributed by atoms with Gasteiger partial charge in [0.05, 0.1) is 12.0 Å². The summed E-state index contributed by atoms with van der Waals surface area (Å²) in [5.74, 6) is 0. The lowest BCUT2D eigenvalue weighted by Gasteiger charge is -2.37. The molecule has 1 N–H and O–H groups in total. The van der Waals surface area contributed by atoms with E-state index in [4.69, 9.17) is 4.55 Å². The Bertz CT molecular complexity index is 270. The molecule has 0 amide bonds. The van der Waals surface area contributed by atoms with Crippen LogP contribution < -0.4 is 0 Å². The zero-order valence-electron chi connectivity index (χ0n) is 8.30. The molecule has 0 aromatic heterocycles. The smallest absolute Gasteiger partial charge is 0.284 e. The van der Waals surface area contributed by atoms with Crippen molar-refractivity contribution < 1.29 is 30.5 Å². The van der Waals surface area contributed by atoms with Crippen LogP contribution in [-0.4, -0.2) is 26.7 Å². The summed E-state index contributed by atoms with van der Waals surface area (Å²) in [5.41, 5.74) is -1.89. The summed E-state index contributed by atoms with van der Waals surface area (Å²) in [6.07, 6.45) is -7.52. The molecule has 0 aromatic rings. The maximum Gasteiger partial charge on any atom is 0.391 e. The van der Waals surface area contributed by atoms with Crippen LogP contribution in [0, 0.1) is 0 Å². The van der Waals surface area contributed by atoms with E-state index in [-0.39, 0.29) is 19.3 Å². The number of alkyl halides is 4. The lowest BCUT2D eigenvalue weighted by Crippen LogP contribution is -2.43. The molecule has 3 unspecified atom stereocenters. The lowest BCUT2D eigenvalue weighted by molar-refractivity contribution is -0.178. The molecule has 0 saturated heterocycles. The minimum atomic E-state index is -4.55. The van der Waals surface area contributed by atoms with E-state index in [1.54, 1.807) is 0 Å². The average Bonchev–Trinajstić information content (AvgIpc) is 1.96. The zero-order chi connectivity index (χ0) is 12.4. The third kappa shape index (κ3) is 4.34. The second-order valence-corrected chi connectivity index (χ2v) is 4.57. The van der Waals surface area contributed by atoms with Gasteiger partial charge in [-0.3, -0.25) is 8.74 Å². The van der Waals surface area contributed by atoms with Crippen LogP contribution in [0.3, 0.4) is 0 Å². The van der Waals surface area contributed by atoms with E-state index in [0.717, 1.165) is 0 Å². The summed E-state index contributed by atoms with van der Waals surface area (Å²) in [4.78, 5) is 0. The molecular formula is C8H12F4O3S. The number of hydrogen-bond donors (Lipinski definition) is 1. The highest BCUT2D eigenvalue weighted by molar-refractivity contribution is 7.74. The highest BCUT2D eigenvalue weighted by atomic mass is 32.2. The summed E-state index contributed by atoms with van der Waals surface area (Å²) in [6.45, 7) is 0. The number of hydrogen-bond acceptors (Lipinski definition) is 2. The second-order valence-electron chi connectivity index (χ2n) is 3.97. The first-order valence-electron chi connectivity index (χ1n) is 4.74. The normalized spacial score (nSPS) is 33.7. The molecule has 0 radical (unpaired) electrons. The van der Waals surface area contributed by atoms with Crippen LogP contribution in [0.15, 0.2) is 0 Å². The number of halogens is 4. The van der Waals surface area contributed by atoms with Crippen molar-refractivity contribution in [3.63, 3.8) is 0 Å². The Morgan fingerprint density at radius 2 is 2.12 bits per heavy atom. The molecule has 0 heterocycles. The van der Waals surface area contributed by atoms with Crippen LogP contribution in [0.1, 0.15) is 32.1 Å². The van der Waals surface area contributed by atoms with E-state index in [1.165, 1.54) is 0 Å². The van der Waals surface area contributed by atoms with Crippen LogP contribution in [0.25, 0.3) is 0 Å². The van der Waals surface area contributed by atoms with Crippen molar-refractivity contribution in [3.05, 3.63) is 0 Å². The van der Waals surface area contributed by atoms with Crippen LogP contribution >= 0.6 is 0 Å². The zero-order valence-corrected chi connectivity index (χ0v) is 9.11. The Balaban J connectivity index is 2.79. The van der Waals surface area contributed by atoms with Crippen molar-refractivity contribution >= 4 is 11.4 Å². The van der Waals surface area contributed by atoms with Crippen molar-refractivity contribution in [2.24, 2.45) is 0 Å². The fraction of sp³-hybridized carbons (Fsp3) is 1.00. The fourth-order valence-electron chi connectivity index (χ4n) is 2.04. The Hall–Kier alpha value is -0.210. The quantitative estimate of drug-likeness (QED) is 0.629. The molecule has 1 rings (SSSR count). The molecule has 0 aromatic carbocycles. The first-order valence-corrected chi connectivity index (χ1v) is 5.77. The largest absolute Gasteiger partial charge is 0.391 e. The molecule has 8 heteroatoms. The van der Waals surface area contributed by atoms with Gasteiger partial charge in [0.1, 0.15) is 6.17 Å². The Kier molecular flexibility index (Phi) is 4.30. The van der Waals surface area contributed by atoms with Crippen molar-refractivity contribution in [3.8, 4) is 0 Å². The van der Waals surface area contributed by atoms with E-state index in [1.807, 2.05) is 0 Å². The molecule has 0 spiro atoms. The SMILES string of the molecule is O=S(O)OC1(CC(F)(F)F)CCCC(F)C1. The molecule has 16 heavy (non-hydrogen) atoms. The number of rotatable bonds is 3. The molecule has 3 atom stereocenters. The fourth-order valence-corrected chi connectivity index (χ4v) is 2.55. The maximum atomic E-state index is 13.1. The van der Waals surface area contributed by atoms with Gasteiger partial charge in [0.15, 0.2) is 0 Å². The molecule has 96 valence electrons. The summed E-state index contributed by atoms with van der Waals surface area (Å²) in [7, 11) is 0. The Morgan fingerprint density at radius 3 is 2.56 bits per heavy atom. The van der Waals surface area contributed by atoms with Gasteiger partial charge in [-0.25, -0.2) is 4.39 Å². The van der Waals surface area contributed by atoms with Crippen molar-refractivity contribution in [1.82, 2.24) is 0 Å². The van der Waals surface area contributed by atoms with Gasteiger partial charge in [0.2, 0.25) is 0 Å². The minimum absolute atomic E-state index is 0.0563. The first kappa shape index (κ1) is 13.9. The predicted octanol–water partition coefficient (Wildman–Crippen LogP) is 2.74. The van der Waals surface area contributed by atoms with E-state index in [9.17, 15) is 21.8 Å². The summed E-state index contributed by atoms with van der Waals surface area (Å²) >= 11 is -2.82. The first-order chi connectivity index (χ1) is 7.22. The summed E-state index contributed by atoms with van der Waals surface area (Å²) in [5, 5.41) is 0. The summed E-state index contributed by atoms with van der Waals surface area (Å²) < 4.78 is 73.3. The van der Waals surface area contributed by atoms with E-state index < -0.39 is 42.2 Å². The Morgan fingerprint density at radius 1 is 1.50 bits per heavy atom. The second kappa shape index (κ2) is 4.97. The molecule has 1 fully saturated rings. The van der Waals surface area contributed by atoms with Gasteiger partial charge < -0.3 is 0 Å². The topological polar surface area (TPSA) is 46.5 Å². The monoisotopic (exact) mass is 264 g/mol. The lowest BCUT2D eigenvalue weighted by atomic mass is 9.81. The molecular weight excluding hydrogens is 252 g/mol. The van der Waals surface area contributed by atoms with Gasteiger partial charge in [0.25, 0.3) is 0 Å². The molecule has 0 bridgehead atoms. The van der Waals surface area contributed by atoms with Gasteiger partial charge in [-0.1, -0.05) is 0 Å². The van der Waals surface area contributed by atoms with Crippen molar-refractivity contribution in [2.75, 3.05) is 0 Å². The van der Waals surface area contributed by atoms with Gasteiger partial charge in [-0.15, -0.1) is 0 Å². The van der Waals surface area contributed by atoms with Gasteiger partial charge in [-0.2, -0.15) is 17.4 Å². The predicted molar refractivity (Wildman–Crippen MR) is 48.6 cm³/mol. The highest BCUT2D eigenvalue weighted by Gasteiger charge is 2.47. The van der Waals surface area contributed by atoms with Crippen LogP contribution in [0.5, 0.6) is 0 Å². The standard InChI is InChI=1S/C8H12F4O3S/c9-6-2-1-3-7(4-6,15-16(13)14)5-8(10,11)12/h6H,1-5H2,(H,13,14). The molecule has 1 aliphatic carbocycles. The minimum Gasteiger partial charge on any atom is -0.284 e. The van der Waals surface area contributed by atoms with Gasteiger partial charge in [0, 0.05) is 6.42 Å². The van der Waals surface area contributed by atoms with Gasteiger partial charge in [-0.05, 0) is 19.3 Å². The average molecular weight is 264 g/mol. The van der Waals surface area contributed by atoms with Gasteiger partial charge >= 0.3 is 17.5 Å². The van der Waals surface area contributed by atoms with Crippen LogP contribution in [0.4, 0.5) is 17.6 Å². The van der Waals surface area contributed by atoms with Crippen LogP contribution in [0.2, 0.25) is 0 Å². The third-order valence-electron chi connectivity index (χ3n) is 2.51. The van der Waals surface area contributed by atoms with Crippen molar-refractivity contribution in [2.45, 2.75) is 50.1 Å². The summed E-state index contributed by atoms with van der Waals surface area (Å²) in [6, 6.07) is 0. The molecule has 0 aliphatic heterocycles. The highest BCUT2D eigenvalue weighted by Crippen LogP contribution is 2.41. The Labute approximate surface area is 92.7 Å². The van der Waals surface area contributed by atoms with E-state index >= 15 is 0 Å².